The molecule has 1 aliphatic rings. The number of aryl methyl sites for hydroxylation is 1. The highest BCUT2D eigenvalue weighted by molar-refractivity contribution is 5.41. The monoisotopic (exact) mass is 289 g/mol. The number of hydrogen-bond donors (Lipinski definition) is 1. The maximum atomic E-state index is 6.56. The van der Waals surface area contributed by atoms with Crippen LogP contribution in [0.3, 0.4) is 0 Å². The van der Waals surface area contributed by atoms with Crippen molar-refractivity contribution in [2.75, 3.05) is 13.1 Å². The van der Waals surface area contributed by atoms with Gasteiger partial charge in [-0.1, -0.05) is 45.4 Å². The molecule has 1 saturated carbocycles. The Kier molecular flexibility index (Phi) is 4.98. The van der Waals surface area contributed by atoms with Crippen LogP contribution in [0.15, 0.2) is 18.2 Å². The smallest absolute Gasteiger partial charge is 0.123 e. The topological polar surface area (TPSA) is 21.3 Å². The van der Waals surface area contributed by atoms with E-state index in [9.17, 15) is 0 Å². The molecule has 1 aliphatic carbocycles. The van der Waals surface area contributed by atoms with Crippen molar-refractivity contribution in [1.29, 1.82) is 0 Å². The van der Waals surface area contributed by atoms with Crippen molar-refractivity contribution in [1.82, 2.24) is 5.32 Å². The van der Waals surface area contributed by atoms with Crippen molar-refractivity contribution < 1.29 is 4.74 Å². The van der Waals surface area contributed by atoms with Gasteiger partial charge in [0, 0.05) is 0 Å². The lowest BCUT2D eigenvalue weighted by Gasteiger charge is -2.43. The van der Waals surface area contributed by atoms with E-state index in [1.807, 2.05) is 0 Å². The summed E-state index contributed by atoms with van der Waals surface area (Å²) in [5, 5.41) is 3.43. The zero-order valence-electron chi connectivity index (χ0n) is 14.4. The molecule has 2 heteroatoms. The minimum Gasteiger partial charge on any atom is -0.487 e. The fourth-order valence-corrected chi connectivity index (χ4v) is 3.02. The van der Waals surface area contributed by atoms with E-state index >= 15 is 0 Å². The maximum absolute atomic E-state index is 6.56. The molecule has 1 aromatic carbocycles. The fraction of sp³-hybridized carbons (Fsp3) is 0.684. The van der Waals surface area contributed by atoms with Gasteiger partial charge in [-0.05, 0) is 62.7 Å². The van der Waals surface area contributed by atoms with Crippen LogP contribution in [0.5, 0.6) is 5.75 Å². The second-order valence-corrected chi connectivity index (χ2v) is 7.49. The summed E-state index contributed by atoms with van der Waals surface area (Å²) in [5.41, 5.74) is 2.82. The Morgan fingerprint density at radius 2 is 1.95 bits per heavy atom. The highest BCUT2D eigenvalue weighted by Crippen LogP contribution is 2.42. The lowest BCUT2D eigenvalue weighted by atomic mass is 9.77. The Hall–Kier alpha value is -1.02. The van der Waals surface area contributed by atoms with Gasteiger partial charge in [-0.15, -0.1) is 0 Å². The maximum Gasteiger partial charge on any atom is 0.123 e. The minimum atomic E-state index is 0.0669. The molecule has 0 atom stereocenters. The molecule has 0 saturated heterocycles. The first kappa shape index (κ1) is 16.4. The van der Waals surface area contributed by atoms with Crippen molar-refractivity contribution in [3.8, 4) is 5.75 Å². The standard InChI is InChI=1S/C19H31NO/c1-6-20-13-12-19(10-7-11-19)21-17-9-8-15(2)14-16(17)18(3,4)5/h8-9,14,20H,6-7,10-13H2,1-5H3. The van der Waals surface area contributed by atoms with E-state index in [0.29, 0.717) is 0 Å². The summed E-state index contributed by atoms with van der Waals surface area (Å²) in [6.45, 7) is 13.2. The predicted molar refractivity (Wildman–Crippen MR) is 90.2 cm³/mol. The SMILES string of the molecule is CCNCCC1(Oc2ccc(C)cc2C(C)(C)C)CCC1. The van der Waals surface area contributed by atoms with E-state index < -0.39 is 0 Å². The number of ether oxygens (including phenoxy) is 1. The Labute approximate surface area is 130 Å². The Morgan fingerprint density at radius 3 is 2.48 bits per heavy atom. The van der Waals surface area contributed by atoms with E-state index in [-0.39, 0.29) is 11.0 Å². The van der Waals surface area contributed by atoms with Crippen molar-refractivity contribution in [2.45, 2.75) is 71.3 Å². The van der Waals surface area contributed by atoms with Crippen LogP contribution >= 0.6 is 0 Å². The molecule has 0 unspecified atom stereocenters. The van der Waals surface area contributed by atoms with E-state index in [0.717, 1.165) is 25.3 Å². The first-order chi connectivity index (χ1) is 9.86. The Balaban J connectivity index is 2.18. The molecule has 0 aromatic heterocycles. The quantitative estimate of drug-likeness (QED) is 0.773. The summed E-state index contributed by atoms with van der Waals surface area (Å²) < 4.78 is 6.56. The zero-order chi connectivity index (χ0) is 15.5. The molecule has 0 bridgehead atoms. The van der Waals surface area contributed by atoms with Crippen LogP contribution in [0.25, 0.3) is 0 Å². The second kappa shape index (κ2) is 6.39. The molecule has 2 rings (SSSR count). The second-order valence-electron chi connectivity index (χ2n) is 7.49. The van der Waals surface area contributed by atoms with Crippen LogP contribution < -0.4 is 10.1 Å². The van der Waals surface area contributed by atoms with Gasteiger partial charge >= 0.3 is 0 Å². The lowest BCUT2D eigenvalue weighted by Crippen LogP contribution is -2.45. The molecule has 0 radical (unpaired) electrons. The summed E-state index contributed by atoms with van der Waals surface area (Å²) >= 11 is 0. The van der Waals surface area contributed by atoms with Crippen LogP contribution in [-0.2, 0) is 5.41 Å². The van der Waals surface area contributed by atoms with Crippen molar-refractivity contribution in [3.63, 3.8) is 0 Å². The number of rotatable bonds is 6. The predicted octanol–water partition coefficient (Wildman–Crippen LogP) is 4.59. The Bertz CT molecular complexity index is 469. The van der Waals surface area contributed by atoms with Gasteiger partial charge in [0.1, 0.15) is 11.4 Å². The molecule has 0 aliphatic heterocycles. The van der Waals surface area contributed by atoms with Crippen LogP contribution in [0.2, 0.25) is 0 Å². The normalized spacial score (nSPS) is 17.4. The Morgan fingerprint density at radius 1 is 1.24 bits per heavy atom. The van der Waals surface area contributed by atoms with Gasteiger partial charge in [0.25, 0.3) is 0 Å². The van der Waals surface area contributed by atoms with Crippen molar-refractivity contribution >= 4 is 0 Å². The third-order valence-corrected chi connectivity index (χ3v) is 4.54. The third kappa shape index (κ3) is 4.00. The fourth-order valence-electron chi connectivity index (χ4n) is 3.02. The van der Waals surface area contributed by atoms with E-state index in [2.05, 4.69) is 58.1 Å². The van der Waals surface area contributed by atoms with Crippen molar-refractivity contribution in [2.24, 2.45) is 0 Å². The first-order valence-corrected chi connectivity index (χ1v) is 8.37. The summed E-state index contributed by atoms with van der Waals surface area (Å²) in [7, 11) is 0. The largest absolute Gasteiger partial charge is 0.487 e. The molecular formula is C19H31NO. The van der Waals surface area contributed by atoms with Gasteiger partial charge in [-0.2, -0.15) is 0 Å². The molecule has 1 aromatic rings. The summed E-state index contributed by atoms with van der Waals surface area (Å²) in [5.74, 6) is 1.09. The van der Waals surface area contributed by atoms with Gasteiger partial charge in [0.2, 0.25) is 0 Å². The molecule has 0 heterocycles. The van der Waals surface area contributed by atoms with Crippen LogP contribution in [0.4, 0.5) is 0 Å². The van der Waals surface area contributed by atoms with Gasteiger partial charge in [0.05, 0.1) is 0 Å². The van der Waals surface area contributed by atoms with Gasteiger partial charge in [0.15, 0.2) is 0 Å². The molecule has 1 N–H and O–H groups in total. The lowest BCUT2D eigenvalue weighted by molar-refractivity contribution is -0.0154. The highest BCUT2D eigenvalue weighted by atomic mass is 16.5. The molecule has 1 fully saturated rings. The summed E-state index contributed by atoms with van der Waals surface area (Å²) in [4.78, 5) is 0. The summed E-state index contributed by atoms with van der Waals surface area (Å²) in [6.07, 6.45) is 4.78. The third-order valence-electron chi connectivity index (χ3n) is 4.54. The average molecular weight is 289 g/mol. The van der Waals surface area contributed by atoms with Crippen LogP contribution in [0.1, 0.15) is 64.5 Å². The number of nitrogens with one attached hydrogen (secondary N) is 1. The van der Waals surface area contributed by atoms with Crippen molar-refractivity contribution in [3.05, 3.63) is 29.3 Å². The average Bonchev–Trinajstić information content (AvgIpc) is 2.36. The van der Waals surface area contributed by atoms with Crippen LogP contribution in [-0.4, -0.2) is 18.7 Å². The van der Waals surface area contributed by atoms with E-state index in [1.54, 1.807) is 0 Å². The number of benzene rings is 1. The molecule has 0 spiro atoms. The van der Waals surface area contributed by atoms with E-state index in [4.69, 9.17) is 4.74 Å². The molecule has 118 valence electrons. The zero-order valence-corrected chi connectivity index (χ0v) is 14.4. The molecular weight excluding hydrogens is 258 g/mol. The molecule has 0 amide bonds. The number of hydrogen-bond acceptors (Lipinski definition) is 2. The van der Waals surface area contributed by atoms with Crippen LogP contribution in [0, 0.1) is 6.92 Å². The minimum absolute atomic E-state index is 0.0669. The summed E-state index contributed by atoms with van der Waals surface area (Å²) in [6, 6.07) is 6.62. The molecule has 2 nitrogen and oxygen atoms in total. The van der Waals surface area contributed by atoms with Gasteiger partial charge < -0.3 is 10.1 Å². The first-order valence-electron chi connectivity index (χ1n) is 8.37. The van der Waals surface area contributed by atoms with Gasteiger partial charge in [-0.25, -0.2) is 0 Å². The van der Waals surface area contributed by atoms with E-state index in [1.165, 1.54) is 30.4 Å². The highest BCUT2D eigenvalue weighted by Gasteiger charge is 2.39. The van der Waals surface area contributed by atoms with Gasteiger partial charge in [-0.3, -0.25) is 0 Å². The molecule has 21 heavy (non-hydrogen) atoms.